The highest BCUT2D eigenvalue weighted by atomic mass is 35.5. The number of rotatable bonds is 3. The van der Waals surface area contributed by atoms with Crippen molar-refractivity contribution in [3.05, 3.63) is 41.5 Å². The van der Waals surface area contributed by atoms with Crippen LogP contribution in [-0.4, -0.2) is 58.7 Å². The van der Waals surface area contributed by atoms with Crippen molar-refractivity contribution in [2.24, 2.45) is 4.99 Å². The molecular weight excluding hydrogens is 380 g/mol. The van der Waals surface area contributed by atoms with E-state index >= 15 is 0 Å². The van der Waals surface area contributed by atoms with E-state index in [2.05, 4.69) is 4.90 Å². The van der Waals surface area contributed by atoms with Crippen LogP contribution in [0.15, 0.2) is 35.3 Å². The van der Waals surface area contributed by atoms with Gasteiger partial charge >= 0.3 is 0 Å². The SMILES string of the molecule is COc1ccc(/C2=N/CC(Cl)CN(C)c3cc4c(cc32)OCCO4)cc1OC. The summed E-state index contributed by atoms with van der Waals surface area (Å²) in [6.45, 7) is 2.29. The fourth-order valence-electron chi connectivity index (χ4n) is 3.54. The summed E-state index contributed by atoms with van der Waals surface area (Å²) in [5.41, 5.74) is 3.74. The number of ether oxygens (including phenoxy) is 4. The fraction of sp³-hybridized carbons (Fsp3) is 0.381. The second-order valence-electron chi connectivity index (χ2n) is 6.75. The van der Waals surface area contributed by atoms with E-state index in [-0.39, 0.29) is 5.38 Å². The predicted molar refractivity (Wildman–Crippen MR) is 110 cm³/mol. The lowest BCUT2D eigenvalue weighted by molar-refractivity contribution is 0.171. The average Bonchev–Trinajstić information content (AvgIpc) is 2.72. The van der Waals surface area contributed by atoms with E-state index in [1.165, 1.54) is 0 Å². The zero-order valence-electron chi connectivity index (χ0n) is 16.2. The summed E-state index contributed by atoms with van der Waals surface area (Å²) >= 11 is 6.51. The molecule has 2 aliphatic heterocycles. The van der Waals surface area contributed by atoms with Gasteiger partial charge in [-0.3, -0.25) is 4.99 Å². The molecule has 0 fully saturated rings. The second kappa shape index (κ2) is 7.80. The lowest BCUT2D eigenvalue weighted by Gasteiger charge is -2.30. The molecule has 4 rings (SSSR count). The molecule has 0 aliphatic carbocycles. The van der Waals surface area contributed by atoms with Crippen LogP contribution >= 0.6 is 11.6 Å². The van der Waals surface area contributed by atoms with Crippen LogP contribution in [0.4, 0.5) is 5.69 Å². The first-order valence-corrected chi connectivity index (χ1v) is 9.60. The van der Waals surface area contributed by atoms with Crippen molar-refractivity contribution in [3.63, 3.8) is 0 Å². The zero-order chi connectivity index (χ0) is 19.7. The van der Waals surface area contributed by atoms with Gasteiger partial charge in [0.05, 0.1) is 31.9 Å². The van der Waals surface area contributed by atoms with Crippen molar-refractivity contribution >= 4 is 23.0 Å². The summed E-state index contributed by atoms with van der Waals surface area (Å²) in [4.78, 5) is 6.99. The molecule has 0 N–H and O–H groups in total. The van der Waals surface area contributed by atoms with E-state index in [0.717, 1.165) is 34.0 Å². The predicted octanol–water partition coefficient (Wildman–Crippen LogP) is 3.37. The summed E-state index contributed by atoms with van der Waals surface area (Å²) < 4.78 is 22.5. The largest absolute Gasteiger partial charge is 0.493 e. The Morgan fingerprint density at radius 1 is 1.04 bits per heavy atom. The lowest BCUT2D eigenvalue weighted by atomic mass is 9.97. The average molecular weight is 403 g/mol. The standard InChI is InChI=1S/C21H23ClN2O4/c1-24-12-14(22)11-23-21(13-4-5-17(25-2)18(8-13)26-3)15-9-19-20(10-16(15)24)28-7-6-27-19/h4-5,8-10,14H,6-7,11-12H2,1-3H3/b23-21-. The van der Waals surface area contributed by atoms with Crippen LogP contribution in [0.2, 0.25) is 0 Å². The monoisotopic (exact) mass is 402 g/mol. The van der Waals surface area contributed by atoms with Crippen molar-refractivity contribution in [3.8, 4) is 23.0 Å². The third-order valence-electron chi connectivity index (χ3n) is 4.90. The summed E-state index contributed by atoms with van der Waals surface area (Å²) in [6.07, 6.45) is 0. The molecule has 0 saturated heterocycles. The molecule has 7 heteroatoms. The number of alkyl halides is 1. The summed E-state index contributed by atoms with van der Waals surface area (Å²) in [5, 5.41) is -0.0958. The topological polar surface area (TPSA) is 52.5 Å². The maximum absolute atomic E-state index is 6.51. The van der Waals surface area contributed by atoms with Gasteiger partial charge in [0.2, 0.25) is 0 Å². The summed E-state index contributed by atoms with van der Waals surface area (Å²) in [5.74, 6) is 2.80. The van der Waals surface area contributed by atoms with Crippen LogP contribution in [0.1, 0.15) is 11.1 Å². The molecule has 148 valence electrons. The molecule has 0 amide bonds. The van der Waals surface area contributed by atoms with E-state index in [4.69, 9.17) is 35.5 Å². The number of aliphatic imine (C=N–C) groups is 1. The molecule has 2 aromatic rings. The highest BCUT2D eigenvalue weighted by Crippen LogP contribution is 2.39. The maximum Gasteiger partial charge on any atom is 0.163 e. The molecule has 28 heavy (non-hydrogen) atoms. The van der Waals surface area contributed by atoms with Crippen molar-refractivity contribution in [1.82, 2.24) is 0 Å². The van der Waals surface area contributed by atoms with Gasteiger partial charge in [0.25, 0.3) is 0 Å². The molecular formula is C21H23ClN2O4. The van der Waals surface area contributed by atoms with Crippen molar-refractivity contribution in [2.45, 2.75) is 5.38 Å². The van der Waals surface area contributed by atoms with Gasteiger partial charge < -0.3 is 23.8 Å². The molecule has 1 atom stereocenters. The van der Waals surface area contributed by atoms with Crippen LogP contribution in [0.5, 0.6) is 23.0 Å². The highest BCUT2D eigenvalue weighted by Gasteiger charge is 2.25. The number of nitrogens with zero attached hydrogens (tertiary/aromatic N) is 2. The number of halogens is 1. The highest BCUT2D eigenvalue weighted by molar-refractivity contribution is 6.22. The number of hydrogen-bond donors (Lipinski definition) is 0. The molecule has 2 aliphatic rings. The molecule has 2 heterocycles. The molecule has 0 radical (unpaired) electrons. The Morgan fingerprint density at radius 2 is 1.75 bits per heavy atom. The molecule has 0 saturated carbocycles. The molecule has 0 aromatic heterocycles. The Balaban J connectivity index is 1.89. The third-order valence-corrected chi connectivity index (χ3v) is 5.18. The molecule has 1 unspecified atom stereocenters. The van der Waals surface area contributed by atoms with Gasteiger partial charge in [-0.2, -0.15) is 0 Å². The maximum atomic E-state index is 6.51. The van der Waals surface area contributed by atoms with Crippen LogP contribution in [-0.2, 0) is 0 Å². The Hall–Kier alpha value is -2.60. The second-order valence-corrected chi connectivity index (χ2v) is 7.37. The first kappa shape index (κ1) is 18.7. The van der Waals surface area contributed by atoms with Crippen LogP contribution < -0.4 is 23.8 Å². The fourth-order valence-corrected chi connectivity index (χ4v) is 3.82. The molecule has 6 nitrogen and oxygen atoms in total. The normalized spacial score (nSPS) is 20.4. The Labute approximate surface area is 169 Å². The van der Waals surface area contributed by atoms with E-state index in [0.29, 0.717) is 37.8 Å². The number of anilines is 1. The molecule has 0 spiro atoms. The van der Waals surface area contributed by atoms with Crippen LogP contribution in [0, 0.1) is 0 Å². The number of hydrogen-bond acceptors (Lipinski definition) is 6. The van der Waals surface area contributed by atoms with E-state index < -0.39 is 0 Å². The van der Waals surface area contributed by atoms with Gasteiger partial charge in [-0.25, -0.2) is 0 Å². The first-order chi connectivity index (χ1) is 13.6. The van der Waals surface area contributed by atoms with E-state index in [9.17, 15) is 0 Å². The zero-order valence-corrected chi connectivity index (χ0v) is 17.0. The van der Waals surface area contributed by atoms with Crippen molar-refractivity contribution < 1.29 is 18.9 Å². The summed E-state index contributed by atoms with van der Waals surface area (Å²) in [6, 6.07) is 9.81. The Bertz CT molecular complexity index is 916. The van der Waals surface area contributed by atoms with Gasteiger partial charge in [-0.1, -0.05) is 0 Å². The van der Waals surface area contributed by atoms with Gasteiger partial charge in [0.1, 0.15) is 13.2 Å². The van der Waals surface area contributed by atoms with Crippen molar-refractivity contribution in [1.29, 1.82) is 0 Å². The lowest BCUT2D eigenvalue weighted by Crippen LogP contribution is -2.31. The van der Waals surface area contributed by atoms with Crippen molar-refractivity contribution in [2.75, 3.05) is 52.5 Å². The van der Waals surface area contributed by atoms with Gasteiger partial charge in [-0.05, 0) is 24.3 Å². The number of fused-ring (bicyclic) bond motifs is 2. The van der Waals surface area contributed by atoms with Gasteiger partial charge in [0, 0.05) is 36.5 Å². The van der Waals surface area contributed by atoms with Gasteiger partial charge in [0.15, 0.2) is 23.0 Å². The molecule has 2 aromatic carbocycles. The summed E-state index contributed by atoms with van der Waals surface area (Å²) in [7, 11) is 5.28. The van der Waals surface area contributed by atoms with Crippen LogP contribution in [0.3, 0.4) is 0 Å². The van der Waals surface area contributed by atoms with Crippen LogP contribution in [0.25, 0.3) is 0 Å². The minimum absolute atomic E-state index is 0.0958. The minimum atomic E-state index is -0.0958. The Morgan fingerprint density at radius 3 is 2.46 bits per heavy atom. The quantitative estimate of drug-likeness (QED) is 0.737. The van der Waals surface area contributed by atoms with Gasteiger partial charge in [-0.15, -0.1) is 11.6 Å². The third kappa shape index (κ3) is 3.44. The van der Waals surface area contributed by atoms with E-state index in [1.54, 1.807) is 14.2 Å². The number of methoxy groups -OCH3 is 2. The first-order valence-electron chi connectivity index (χ1n) is 9.16. The molecule has 0 bridgehead atoms. The number of benzene rings is 2. The van der Waals surface area contributed by atoms with E-state index in [1.807, 2.05) is 37.4 Å². The smallest absolute Gasteiger partial charge is 0.163 e. The minimum Gasteiger partial charge on any atom is -0.493 e. The Kier molecular flexibility index (Phi) is 5.22.